The second-order valence-corrected chi connectivity index (χ2v) is 6.04. The molecule has 0 heterocycles. The molecular weight excluding hydrogens is 162 g/mol. The van der Waals surface area contributed by atoms with Crippen LogP contribution in [0.15, 0.2) is 0 Å². The summed E-state index contributed by atoms with van der Waals surface area (Å²) in [5.41, 5.74) is 0.0695. The Morgan fingerprint density at radius 2 is 1.73 bits per heavy atom. The lowest BCUT2D eigenvalue weighted by molar-refractivity contribution is 0.453. The van der Waals surface area contributed by atoms with Crippen LogP contribution in [0, 0.1) is 10.8 Å². The molecule has 1 aliphatic carbocycles. The Bertz CT molecular complexity index is 268. The minimum Gasteiger partial charge on any atom is -0.229 e. The van der Waals surface area contributed by atoms with Crippen molar-refractivity contribution < 1.29 is 8.42 Å². The van der Waals surface area contributed by atoms with Gasteiger partial charge in [0.05, 0.1) is 5.75 Å². The third-order valence-corrected chi connectivity index (χ3v) is 3.90. The first kappa shape index (κ1) is 9.00. The molecule has 1 unspecified atom stereocenters. The monoisotopic (exact) mass is 177 g/mol. The first-order valence-corrected chi connectivity index (χ1v) is 5.38. The van der Waals surface area contributed by atoms with Gasteiger partial charge >= 0.3 is 0 Å². The predicted octanol–water partition coefficient (Wildman–Crippen LogP) is 0.711. The van der Waals surface area contributed by atoms with Crippen LogP contribution in [-0.2, 0) is 10.0 Å². The average molecular weight is 177 g/mol. The molecule has 2 N–H and O–H groups in total. The zero-order chi connectivity index (χ0) is 8.91. The number of hydrogen-bond acceptors (Lipinski definition) is 2. The van der Waals surface area contributed by atoms with E-state index >= 15 is 0 Å². The largest absolute Gasteiger partial charge is 0.229 e. The molecule has 0 bridgehead atoms. The van der Waals surface area contributed by atoms with E-state index < -0.39 is 10.0 Å². The zero-order valence-corrected chi connectivity index (χ0v) is 8.03. The summed E-state index contributed by atoms with van der Waals surface area (Å²) < 4.78 is 21.5. The Morgan fingerprint density at radius 3 is 1.82 bits per heavy atom. The van der Waals surface area contributed by atoms with Crippen molar-refractivity contribution in [3.63, 3.8) is 0 Å². The average Bonchev–Trinajstić information content (AvgIpc) is 1.96. The quantitative estimate of drug-likeness (QED) is 0.675. The van der Waals surface area contributed by atoms with Crippen molar-refractivity contribution in [2.45, 2.75) is 27.2 Å². The molecule has 0 saturated heterocycles. The van der Waals surface area contributed by atoms with E-state index in [-0.39, 0.29) is 16.6 Å². The predicted molar refractivity (Wildman–Crippen MR) is 44.5 cm³/mol. The minimum absolute atomic E-state index is 0.0828. The SMILES string of the molecule is CC1(C)CC1(C)CS(N)(=O)=O. The number of primary sulfonamides is 1. The molecule has 0 aromatic heterocycles. The molecule has 1 fully saturated rings. The third-order valence-electron chi connectivity index (χ3n) is 2.86. The summed E-state index contributed by atoms with van der Waals surface area (Å²) in [5.74, 6) is 0.118. The Balaban J connectivity index is 2.68. The molecule has 0 aromatic carbocycles. The van der Waals surface area contributed by atoms with Crippen LogP contribution in [0.3, 0.4) is 0 Å². The van der Waals surface area contributed by atoms with Crippen LogP contribution >= 0.6 is 0 Å². The zero-order valence-electron chi connectivity index (χ0n) is 7.22. The molecule has 11 heavy (non-hydrogen) atoms. The Labute approximate surface area is 68.0 Å². The van der Waals surface area contributed by atoms with Crippen LogP contribution in [0.4, 0.5) is 0 Å². The fourth-order valence-electron chi connectivity index (χ4n) is 1.62. The molecule has 0 radical (unpaired) electrons. The normalized spacial score (nSPS) is 35.3. The number of rotatable bonds is 2. The van der Waals surface area contributed by atoms with Crippen LogP contribution < -0.4 is 5.14 Å². The van der Waals surface area contributed by atoms with Gasteiger partial charge in [-0.1, -0.05) is 20.8 Å². The lowest BCUT2D eigenvalue weighted by atomic mass is 10.0. The summed E-state index contributed by atoms with van der Waals surface area (Å²) in [4.78, 5) is 0. The van der Waals surface area contributed by atoms with E-state index in [9.17, 15) is 8.42 Å². The third kappa shape index (κ3) is 1.73. The Morgan fingerprint density at radius 1 is 1.36 bits per heavy atom. The van der Waals surface area contributed by atoms with E-state index in [0.29, 0.717) is 0 Å². The van der Waals surface area contributed by atoms with Crippen molar-refractivity contribution in [1.29, 1.82) is 0 Å². The smallest absolute Gasteiger partial charge is 0.209 e. The first-order valence-electron chi connectivity index (χ1n) is 3.67. The van der Waals surface area contributed by atoms with E-state index in [1.165, 1.54) is 0 Å². The van der Waals surface area contributed by atoms with Gasteiger partial charge in [-0.3, -0.25) is 0 Å². The van der Waals surface area contributed by atoms with Crippen LogP contribution in [0.25, 0.3) is 0 Å². The standard InChI is InChI=1S/C7H15NO2S/c1-6(2)4-7(6,3)5-11(8,9)10/h4-5H2,1-3H3,(H2,8,9,10). The van der Waals surface area contributed by atoms with E-state index in [2.05, 4.69) is 13.8 Å². The van der Waals surface area contributed by atoms with Crippen molar-refractivity contribution in [1.82, 2.24) is 0 Å². The highest BCUT2D eigenvalue weighted by atomic mass is 32.2. The maximum atomic E-state index is 10.8. The minimum atomic E-state index is -3.29. The van der Waals surface area contributed by atoms with Crippen LogP contribution in [0.1, 0.15) is 27.2 Å². The van der Waals surface area contributed by atoms with Gasteiger partial charge in [0.2, 0.25) is 10.0 Å². The van der Waals surface area contributed by atoms with Crippen LogP contribution in [-0.4, -0.2) is 14.2 Å². The van der Waals surface area contributed by atoms with Gasteiger partial charge in [0.1, 0.15) is 0 Å². The molecule has 1 saturated carbocycles. The summed E-state index contributed by atoms with van der Waals surface area (Å²) in [6.07, 6.45) is 0.955. The van der Waals surface area contributed by atoms with Gasteiger partial charge in [-0.25, -0.2) is 13.6 Å². The first-order chi connectivity index (χ1) is 4.66. The summed E-state index contributed by atoms with van der Waals surface area (Å²) in [5, 5.41) is 4.95. The maximum Gasteiger partial charge on any atom is 0.209 e. The van der Waals surface area contributed by atoms with Gasteiger partial charge in [0, 0.05) is 0 Å². The van der Waals surface area contributed by atoms with Gasteiger partial charge in [-0.15, -0.1) is 0 Å². The topological polar surface area (TPSA) is 60.2 Å². The van der Waals surface area contributed by atoms with E-state index in [0.717, 1.165) is 6.42 Å². The second kappa shape index (κ2) is 1.98. The molecule has 1 atom stereocenters. The molecule has 1 rings (SSSR count). The van der Waals surface area contributed by atoms with Gasteiger partial charge < -0.3 is 0 Å². The van der Waals surface area contributed by atoms with Crippen LogP contribution in [0.2, 0.25) is 0 Å². The molecule has 66 valence electrons. The Hall–Kier alpha value is -0.0900. The second-order valence-electron chi connectivity index (χ2n) is 4.43. The molecule has 0 aromatic rings. The van der Waals surface area contributed by atoms with Crippen molar-refractivity contribution in [3.8, 4) is 0 Å². The highest BCUT2D eigenvalue weighted by Gasteiger charge is 2.58. The number of sulfonamides is 1. The number of nitrogens with two attached hydrogens (primary N) is 1. The highest BCUT2D eigenvalue weighted by Crippen LogP contribution is 2.63. The Kier molecular flexibility index (Phi) is 1.62. The molecular formula is C7H15NO2S. The van der Waals surface area contributed by atoms with Gasteiger partial charge in [0.15, 0.2) is 0 Å². The molecule has 0 amide bonds. The molecule has 0 aliphatic heterocycles. The van der Waals surface area contributed by atoms with Gasteiger partial charge in [-0.2, -0.15) is 0 Å². The maximum absolute atomic E-state index is 10.8. The van der Waals surface area contributed by atoms with E-state index in [1.54, 1.807) is 0 Å². The van der Waals surface area contributed by atoms with E-state index in [1.807, 2.05) is 6.92 Å². The molecule has 3 nitrogen and oxygen atoms in total. The summed E-state index contributed by atoms with van der Waals surface area (Å²) in [6, 6.07) is 0. The molecule has 1 aliphatic rings. The van der Waals surface area contributed by atoms with Crippen molar-refractivity contribution in [3.05, 3.63) is 0 Å². The van der Waals surface area contributed by atoms with Crippen molar-refractivity contribution >= 4 is 10.0 Å². The fraction of sp³-hybridized carbons (Fsp3) is 1.00. The van der Waals surface area contributed by atoms with Crippen molar-refractivity contribution in [2.75, 3.05) is 5.75 Å². The van der Waals surface area contributed by atoms with Gasteiger partial charge in [0.25, 0.3) is 0 Å². The van der Waals surface area contributed by atoms with Gasteiger partial charge in [-0.05, 0) is 17.3 Å². The molecule has 4 heteroatoms. The summed E-state index contributed by atoms with van der Waals surface area (Å²) in [6.45, 7) is 6.10. The lowest BCUT2D eigenvalue weighted by Gasteiger charge is -2.12. The van der Waals surface area contributed by atoms with E-state index in [4.69, 9.17) is 5.14 Å². The molecule has 0 spiro atoms. The van der Waals surface area contributed by atoms with Crippen molar-refractivity contribution in [2.24, 2.45) is 16.0 Å². The number of hydrogen-bond donors (Lipinski definition) is 1. The summed E-state index contributed by atoms with van der Waals surface area (Å²) in [7, 11) is -3.29. The summed E-state index contributed by atoms with van der Waals surface area (Å²) >= 11 is 0. The lowest BCUT2D eigenvalue weighted by Crippen LogP contribution is -2.24. The fourth-order valence-corrected chi connectivity index (χ4v) is 3.00. The highest BCUT2D eigenvalue weighted by molar-refractivity contribution is 7.89. The van der Waals surface area contributed by atoms with Crippen LogP contribution in [0.5, 0.6) is 0 Å².